The summed E-state index contributed by atoms with van der Waals surface area (Å²) < 4.78 is 0. The van der Waals surface area contributed by atoms with Gasteiger partial charge in [-0.15, -0.1) is 0 Å². The summed E-state index contributed by atoms with van der Waals surface area (Å²) in [5.41, 5.74) is 0. The van der Waals surface area contributed by atoms with Gasteiger partial charge in [-0.2, -0.15) is 0 Å². The molecule has 1 aromatic rings. The molecule has 1 saturated carbocycles. The number of nitrogens with zero attached hydrogens (tertiary/aromatic N) is 3. The van der Waals surface area contributed by atoms with Crippen molar-refractivity contribution in [2.45, 2.75) is 31.6 Å². The maximum atomic E-state index is 6.03. The normalized spacial score (nSPS) is 20.3. The summed E-state index contributed by atoms with van der Waals surface area (Å²) in [6, 6.07) is 1.82. The van der Waals surface area contributed by atoms with E-state index in [2.05, 4.69) is 20.2 Å². The summed E-state index contributed by atoms with van der Waals surface area (Å²) in [5, 5.41) is 3.91. The van der Waals surface area contributed by atoms with E-state index in [4.69, 9.17) is 11.6 Å². The van der Waals surface area contributed by atoms with Gasteiger partial charge in [-0.25, -0.2) is 9.97 Å². The third-order valence-corrected chi connectivity index (χ3v) is 3.78. The van der Waals surface area contributed by atoms with Gasteiger partial charge in [0.25, 0.3) is 0 Å². The van der Waals surface area contributed by atoms with Crippen molar-refractivity contribution in [3.63, 3.8) is 0 Å². The minimum atomic E-state index is 0.544. The second kappa shape index (κ2) is 5.41. The second-order valence-corrected chi connectivity index (χ2v) is 5.57. The number of aromatic nitrogens is 2. The van der Waals surface area contributed by atoms with Crippen LogP contribution in [-0.2, 0) is 0 Å². The summed E-state index contributed by atoms with van der Waals surface area (Å²) in [7, 11) is 0. The van der Waals surface area contributed by atoms with Crippen LogP contribution in [0.2, 0.25) is 5.15 Å². The number of halogens is 1. The molecule has 4 nitrogen and oxygen atoms in total. The lowest BCUT2D eigenvalue weighted by molar-refractivity contribution is 0.352. The van der Waals surface area contributed by atoms with E-state index in [1.807, 2.05) is 6.07 Å². The van der Waals surface area contributed by atoms with Crippen LogP contribution in [0.5, 0.6) is 0 Å². The quantitative estimate of drug-likeness (QED) is 0.832. The second-order valence-electron chi connectivity index (χ2n) is 5.18. The van der Waals surface area contributed by atoms with Crippen molar-refractivity contribution in [1.29, 1.82) is 0 Å². The van der Waals surface area contributed by atoms with Gasteiger partial charge in [0.15, 0.2) is 0 Å². The van der Waals surface area contributed by atoms with Crippen LogP contribution in [0.1, 0.15) is 37.4 Å². The Hall–Kier alpha value is -0.870. The molecule has 0 amide bonds. The highest BCUT2D eigenvalue weighted by atomic mass is 35.5. The summed E-state index contributed by atoms with van der Waals surface area (Å²) >= 11 is 6.03. The summed E-state index contributed by atoms with van der Waals surface area (Å²) in [4.78, 5) is 11.3. The van der Waals surface area contributed by atoms with E-state index in [1.54, 1.807) is 0 Å². The van der Waals surface area contributed by atoms with Gasteiger partial charge in [-0.3, -0.25) is 0 Å². The molecule has 0 bridgehead atoms. The molecule has 98 valence electrons. The Morgan fingerprint density at radius 3 is 2.78 bits per heavy atom. The monoisotopic (exact) mass is 266 g/mol. The van der Waals surface area contributed by atoms with Gasteiger partial charge in [0.2, 0.25) is 0 Å². The maximum Gasteiger partial charge on any atom is 0.135 e. The number of rotatable bonds is 5. The average molecular weight is 267 g/mol. The molecule has 5 heteroatoms. The molecule has 0 atom stereocenters. The summed E-state index contributed by atoms with van der Waals surface area (Å²) in [6.45, 7) is 4.48. The van der Waals surface area contributed by atoms with Crippen LogP contribution in [0.4, 0.5) is 5.82 Å². The molecule has 0 aromatic carbocycles. The fourth-order valence-corrected chi connectivity index (χ4v) is 2.59. The third kappa shape index (κ3) is 3.12. The molecule has 1 aliphatic heterocycles. The van der Waals surface area contributed by atoms with Crippen LogP contribution in [0, 0.1) is 0 Å². The van der Waals surface area contributed by atoms with Gasteiger partial charge in [-0.1, -0.05) is 11.6 Å². The van der Waals surface area contributed by atoms with Gasteiger partial charge in [-0.05, 0) is 38.8 Å². The number of hydrogen-bond acceptors (Lipinski definition) is 4. The highest BCUT2D eigenvalue weighted by molar-refractivity contribution is 6.29. The van der Waals surface area contributed by atoms with E-state index in [9.17, 15) is 0 Å². The first kappa shape index (κ1) is 12.2. The summed E-state index contributed by atoms with van der Waals surface area (Å²) in [5.74, 6) is 2.32. The zero-order valence-electron chi connectivity index (χ0n) is 10.5. The first-order valence-electron chi connectivity index (χ1n) is 6.82. The molecule has 2 heterocycles. The smallest absolute Gasteiger partial charge is 0.135 e. The van der Waals surface area contributed by atoms with E-state index in [1.165, 1.54) is 38.8 Å². The topological polar surface area (TPSA) is 41.0 Å². The molecule has 0 unspecified atom stereocenters. The van der Waals surface area contributed by atoms with Gasteiger partial charge in [0.1, 0.15) is 16.8 Å². The molecule has 0 spiro atoms. The van der Waals surface area contributed by atoms with Gasteiger partial charge in [0.05, 0.1) is 0 Å². The van der Waals surface area contributed by atoms with Crippen molar-refractivity contribution in [2.75, 3.05) is 31.5 Å². The lowest BCUT2D eigenvalue weighted by atomic mass is 10.4. The minimum Gasteiger partial charge on any atom is -0.369 e. The van der Waals surface area contributed by atoms with Crippen molar-refractivity contribution in [3.05, 3.63) is 17.0 Å². The Morgan fingerprint density at radius 2 is 2.06 bits per heavy atom. The molecular weight excluding hydrogens is 248 g/mol. The van der Waals surface area contributed by atoms with Crippen molar-refractivity contribution in [1.82, 2.24) is 14.9 Å². The predicted octanol–water partition coefficient (Wildman–Crippen LogP) is 2.52. The Balaban J connectivity index is 1.54. The van der Waals surface area contributed by atoms with E-state index in [0.717, 1.165) is 24.7 Å². The number of nitrogens with one attached hydrogen (secondary N) is 1. The fourth-order valence-electron chi connectivity index (χ4n) is 2.40. The van der Waals surface area contributed by atoms with Gasteiger partial charge in [0, 0.05) is 25.1 Å². The average Bonchev–Trinajstić information content (AvgIpc) is 3.08. The first-order chi connectivity index (χ1) is 8.81. The lowest BCUT2D eigenvalue weighted by Gasteiger charge is -2.15. The molecule has 1 saturated heterocycles. The number of hydrogen-bond donors (Lipinski definition) is 1. The molecule has 1 aromatic heterocycles. The molecule has 0 radical (unpaired) electrons. The molecule has 1 aliphatic carbocycles. The minimum absolute atomic E-state index is 0.544. The zero-order chi connectivity index (χ0) is 12.4. The number of anilines is 1. The molecule has 3 rings (SSSR count). The summed E-state index contributed by atoms with van der Waals surface area (Å²) in [6.07, 6.45) is 5.08. The van der Waals surface area contributed by atoms with Crippen molar-refractivity contribution >= 4 is 17.4 Å². The Morgan fingerprint density at radius 1 is 1.28 bits per heavy atom. The van der Waals surface area contributed by atoms with E-state index < -0.39 is 0 Å². The highest BCUT2D eigenvalue weighted by Crippen LogP contribution is 2.38. The fraction of sp³-hybridized carbons (Fsp3) is 0.692. The standard InChI is InChI=1S/C13H19ClN4/c14-11-9-12(17-13(16-11)10-3-4-10)15-5-8-18-6-1-2-7-18/h9-10H,1-8H2,(H,15,16,17). The molecule has 1 N–H and O–H groups in total. The zero-order valence-corrected chi connectivity index (χ0v) is 11.3. The van der Waals surface area contributed by atoms with Crippen LogP contribution in [0.25, 0.3) is 0 Å². The van der Waals surface area contributed by atoms with Gasteiger partial charge < -0.3 is 10.2 Å². The number of likely N-dealkylation sites (tertiary alicyclic amines) is 1. The molecule has 18 heavy (non-hydrogen) atoms. The third-order valence-electron chi connectivity index (χ3n) is 3.59. The van der Waals surface area contributed by atoms with Crippen LogP contribution >= 0.6 is 11.6 Å². The molecular formula is C13H19ClN4. The molecule has 2 aliphatic rings. The van der Waals surface area contributed by atoms with Crippen LogP contribution in [-0.4, -0.2) is 41.0 Å². The van der Waals surface area contributed by atoms with E-state index >= 15 is 0 Å². The van der Waals surface area contributed by atoms with Crippen molar-refractivity contribution < 1.29 is 0 Å². The van der Waals surface area contributed by atoms with Gasteiger partial charge >= 0.3 is 0 Å². The molecule has 2 fully saturated rings. The predicted molar refractivity (Wildman–Crippen MR) is 73.2 cm³/mol. The van der Waals surface area contributed by atoms with E-state index in [0.29, 0.717) is 11.1 Å². The first-order valence-corrected chi connectivity index (χ1v) is 7.20. The van der Waals surface area contributed by atoms with Crippen LogP contribution in [0.15, 0.2) is 6.07 Å². The lowest BCUT2D eigenvalue weighted by Crippen LogP contribution is -2.26. The van der Waals surface area contributed by atoms with Crippen LogP contribution in [0.3, 0.4) is 0 Å². The Labute approximate surface area is 113 Å². The van der Waals surface area contributed by atoms with Crippen LogP contribution < -0.4 is 5.32 Å². The largest absolute Gasteiger partial charge is 0.369 e. The SMILES string of the molecule is Clc1cc(NCCN2CCCC2)nc(C2CC2)n1. The van der Waals surface area contributed by atoms with Crippen molar-refractivity contribution in [2.24, 2.45) is 0 Å². The van der Waals surface area contributed by atoms with E-state index in [-0.39, 0.29) is 0 Å². The maximum absolute atomic E-state index is 6.03. The Kier molecular flexibility index (Phi) is 3.66. The van der Waals surface area contributed by atoms with Crippen molar-refractivity contribution in [3.8, 4) is 0 Å². The highest BCUT2D eigenvalue weighted by Gasteiger charge is 2.27. The Bertz CT molecular complexity index is 413.